The number of hydrogen-bond acceptors (Lipinski definition) is 3. The summed E-state index contributed by atoms with van der Waals surface area (Å²) < 4.78 is 1.18. The molecule has 21 heavy (non-hydrogen) atoms. The summed E-state index contributed by atoms with van der Waals surface area (Å²) in [4.78, 5) is 4.85. The summed E-state index contributed by atoms with van der Waals surface area (Å²) in [5.74, 6) is 0. The highest BCUT2D eigenvalue weighted by Gasteiger charge is 2.21. The molecule has 4 heteroatoms. The molecule has 0 saturated carbocycles. The largest absolute Gasteiger partial charge is 0.370 e. The van der Waals surface area contributed by atoms with Crippen LogP contribution in [0.15, 0.2) is 22.7 Å². The lowest BCUT2D eigenvalue weighted by Gasteiger charge is -2.37. The molecule has 0 bridgehead atoms. The molecule has 118 valence electrons. The minimum atomic E-state index is 0.247. The molecule has 1 aromatic rings. The van der Waals surface area contributed by atoms with Gasteiger partial charge in [0.1, 0.15) is 0 Å². The van der Waals surface area contributed by atoms with E-state index in [1.165, 1.54) is 35.1 Å². The van der Waals surface area contributed by atoms with Gasteiger partial charge in [0.2, 0.25) is 0 Å². The first kappa shape index (κ1) is 16.8. The number of hydrogen-bond donors (Lipinski definition) is 1. The average Bonchev–Trinajstić information content (AvgIpc) is 2.48. The molecule has 0 amide bonds. The van der Waals surface area contributed by atoms with Gasteiger partial charge in [-0.05, 0) is 57.0 Å². The van der Waals surface area contributed by atoms with Gasteiger partial charge in [-0.25, -0.2) is 0 Å². The van der Waals surface area contributed by atoms with Crippen molar-refractivity contribution in [3.8, 4) is 0 Å². The fraction of sp³-hybridized carbons (Fsp3) is 0.647. The van der Waals surface area contributed by atoms with Gasteiger partial charge >= 0.3 is 0 Å². The van der Waals surface area contributed by atoms with Crippen LogP contribution in [0.4, 0.5) is 5.69 Å². The van der Waals surface area contributed by atoms with Gasteiger partial charge in [-0.1, -0.05) is 28.9 Å². The Kier molecular flexibility index (Phi) is 6.08. The van der Waals surface area contributed by atoms with Crippen LogP contribution >= 0.6 is 15.9 Å². The van der Waals surface area contributed by atoms with E-state index in [1.54, 1.807) is 0 Å². The zero-order chi connectivity index (χ0) is 15.4. The molecule has 0 radical (unpaired) electrons. The van der Waals surface area contributed by atoms with Crippen molar-refractivity contribution in [3.05, 3.63) is 28.2 Å². The summed E-state index contributed by atoms with van der Waals surface area (Å²) in [5, 5.41) is 0. The van der Waals surface area contributed by atoms with E-state index in [-0.39, 0.29) is 6.04 Å². The zero-order valence-corrected chi connectivity index (χ0v) is 15.1. The van der Waals surface area contributed by atoms with E-state index in [0.29, 0.717) is 6.04 Å². The first-order valence-corrected chi connectivity index (χ1v) is 8.76. The number of rotatable bonds is 5. The van der Waals surface area contributed by atoms with Crippen LogP contribution in [0.25, 0.3) is 0 Å². The highest BCUT2D eigenvalue weighted by atomic mass is 79.9. The van der Waals surface area contributed by atoms with Crippen molar-refractivity contribution in [2.45, 2.75) is 44.7 Å². The molecule has 2 N–H and O–H groups in total. The Morgan fingerprint density at radius 2 is 2.24 bits per heavy atom. The van der Waals surface area contributed by atoms with E-state index in [1.807, 2.05) is 0 Å². The van der Waals surface area contributed by atoms with Crippen LogP contribution in [-0.2, 0) is 6.42 Å². The number of likely N-dealkylation sites (N-methyl/N-ethyl adjacent to an activating group) is 2. The predicted molar refractivity (Wildman–Crippen MR) is 95.0 cm³/mol. The van der Waals surface area contributed by atoms with Gasteiger partial charge in [0.15, 0.2) is 0 Å². The van der Waals surface area contributed by atoms with Gasteiger partial charge in [0.25, 0.3) is 0 Å². The number of halogens is 1. The molecule has 1 saturated heterocycles. The molecule has 3 nitrogen and oxygen atoms in total. The highest BCUT2D eigenvalue weighted by Crippen LogP contribution is 2.27. The summed E-state index contributed by atoms with van der Waals surface area (Å²) in [6.45, 7) is 4.51. The lowest BCUT2D eigenvalue weighted by atomic mass is 10.0. The first-order chi connectivity index (χ1) is 10.0. The molecule has 0 aromatic heterocycles. The van der Waals surface area contributed by atoms with Gasteiger partial charge in [-0.3, -0.25) is 0 Å². The van der Waals surface area contributed by atoms with Crippen molar-refractivity contribution in [1.29, 1.82) is 0 Å². The number of benzene rings is 1. The Labute approximate surface area is 137 Å². The Balaban J connectivity index is 2.08. The topological polar surface area (TPSA) is 32.5 Å². The Hall–Kier alpha value is -0.580. The summed E-state index contributed by atoms with van der Waals surface area (Å²) in [5.41, 5.74) is 8.66. The monoisotopic (exact) mass is 353 g/mol. The summed E-state index contributed by atoms with van der Waals surface area (Å²) >= 11 is 3.72. The number of likely N-dealkylation sites (tertiary alicyclic amines) is 1. The minimum absolute atomic E-state index is 0.247. The van der Waals surface area contributed by atoms with Crippen LogP contribution in [0.2, 0.25) is 0 Å². The third-order valence-corrected chi connectivity index (χ3v) is 5.34. The van der Waals surface area contributed by atoms with E-state index in [2.05, 4.69) is 64.9 Å². The third kappa shape index (κ3) is 4.44. The van der Waals surface area contributed by atoms with Crippen molar-refractivity contribution in [3.63, 3.8) is 0 Å². The van der Waals surface area contributed by atoms with Crippen molar-refractivity contribution < 1.29 is 0 Å². The van der Waals surface area contributed by atoms with Gasteiger partial charge < -0.3 is 15.5 Å². The SMILES string of the molecule is CCC(N)Cc1ccc(N(C)C2CCCN(C)C2)cc1Br. The maximum atomic E-state index is 6.07. The Morgan fingerprint density at radius 3 is 2.86 bits per heavy atom. The number of nitrogens with zero attached hydrogens (tertiary/aromatic N) is 2. The van der Waals surface area contributed by atoms with Crippen LogP contribution in [0.1, 0.15) is 31.7 Å². The van der Waals surface area contributed by atoms with Crippen molar-refractivity contribution in [2.24, 2.45) is 5.73 Å². The summed E-state index contributed by atoms with van der Waals surface area (Å²) in [6, 6.07) is 7.55. The van der Waals surface area contributed by atoms with Crippen LogP contribution < -0.4 is 10.6 Å². The first-order valence-electron chi connectivity index (χ1n) is 7.96. The number of nitrogens with two attached hydrogens (primary N) is 1. The van der Waals surface area contributed by atoms with Crippen molar-refractivity contribution in [1.82, 2.24) is 4.90 Å². The van der Waals surface area contributed by atoms with Gasteiger partial charge in [0.05, 0.1) is 0 Å². The molecule has 0 aliphatic carbocycles. The quantitative estimate of drug-likeness (QED) is 0.881. The van der Waals surface area contributed by atoms with Crippen molar-refractivity contribution in [2.75, 3.05) is 32.1 Å². The molecule has 1 heterocycles. The predicted octanol–water partition coefficient (Wildman–Crippen LogP) is 3.26. The van der Waals surface area contributed by atoms with Crippen LogP contribution in [0.5, 0.6) is 0 Å². The molecule has 1 aromatic carbocycles. The maximum Gasteiger partial charge on any atom is 0.0414 e. The molecular weight excluding hydrogens is 326 g/mol. The van der Waals surface area contributed by atoms with Crippen molar-refractivity contribution >= 4 is 21.6 Å². The van der Waals surface area contributed by atoms with Crippen LogP contribution in [0.3, 0.4) is 0 Å². The molecule has 2 atom stereocenters. The van der Waals surface area contributed by atoms with Crippen LogP contribution in [0, 0.1) is 0 Å². The van der Waals surface area contributed by atoms with Gasteiger partial charge in [-0.15, -0.1) is 0 Å². The fourth-order valence-corrected chi connectivity index (χ4v) is 3.54. The minimum Gasteiger partial charge on any atom is -0.370 e. The van der Waals surface area contributed by atoms with Gasteiger partial charge in [-0.2, -0.15) is 0 Å². The molecule has 1 fully saturated rings. The van der Waals surface area contributed by atoms with E-state index >= 15 is 0 Å². The second-order valence-corrected chi connectivity index (χ2v) is 7.17. The smallest absolute Gasteiger partial charge is 0.0414 e. The number of anilines is 1. The van der Waals surface area contributed by atoms with E-state index in [9.17, 15) is 0 Å². The second kappa shape index (κ2) is 7.61. The Bertz CT molecular complexity index is 463. The van der Waals surface area contributed by atoms with Crippen LogP contribution in [-0.4, -0.2) is 44.2 Å². The van der Waals surface area contributed by atoms with Gasteiger partial charge in [0, 0.05) is 35.8 Å². The normalized spacial score (nSPS) is 21.3. The molecule has 0 spiro atoms. The van der Waals surface area contributed by atoms with E-state index < -0.39 is 0 Å². The highest BCUT2D eigenvalue weighted by molar-refractivity contribution is 9.10. The maximum absolute atomic E-state index is 6.07. The lowest BCUT2D eigenvalue weighted by molar-refractivity contribution is 0.248. The summed E-state index contributed by atoms with van der Waals surface area (Å²) in [7, 11) is 4.42. The second-order valence-electron chi connectivity index (χ2n) is 6.32. The number of piperidine rings is 1. The molecule has 2 unspecified atom stereocenters. The average molecular weight is 354 g/mol. The zero-order valence-electron chi connectivity index (χ0n) is 13.5. The molecule has 1 aliphatic rings. The summed E-state index contributed by atoms with van der Waals surface area (Å²) in [6.07, 6.45) is 4.52. The molecule has 1 aliphatic heterocycles. The van der Waals surface area contributed by atoms with E-state index in [0.717, 1.165) is 19.4 Å². The standard InChI is InChI=1S/C17H28BrN3/c1-4-14(19)10-13-7-8-15(11-17(13)18)21(3)16-6-5-9-20(2)12-16/h7-8,11,14,16H,4-6,9-10,12,19H2,1-3H3. The third-order valence-electron chi connectivity index (χ3n) is 4.60. The molecule has 2 rings (SSSR count). The molecular formula is C17H28BrN3. The lowest BCUT2D eigenvalue weighted by Crippen LogP contribution is -2.45. The van der Waals surface area contributed by atoms with E-state index in [4.69, 9.17) is 5.73 Å². The Morgan fingerprint density at radius 1 is 1.48 bits per heavy atom. The fourth-order valence-electron chi connectivity index (χ4n) is 3.01.